The Morgan fingerprint density at radius 1 is 1.20 bits per heavy atom. The molecule has 0 fully saturated rings. The Labute approximate surface area is 147 Å². The standard InChI is InChI=1S/C20H21NO4/c1-4-24-15-8-6-14(7-9-15)21-19(23)13-5-10-18-16(11-13)17(22)12-20(2,3)25-18/h5-11H,4,12H2,1-3H3,(H,21,23). The number of carbonyl (C=O) groups excluding carboxylic acids is 2. The number of benzene rings is 2. The molecule has 1 N–H and O–H groups in total. The van der Waals surface area contributed by atoms with E-state index < -0.39 is 5.60 Å². The van der Waals surface area contributed by atoms with Crippen LogP contribution in [0.3, 0.4) is 0 Å². The minimum Gasteiger partial charge on any atom is -0.494 e. The van der Waals surface area contributed by atoms with Crippen molar-refractivity contribution in [2.24, 2.45) is 0 Å². The molecule has 0 aromatic heterocycles. The second-order valence-corrected chi connectivity index (χ2v) is 6.58. The van der Waals surface area contributed by atoms with Gasteiger partial charge < -0.3 is 14.8 Å². The Balaban J connectivity index is 1.77. The van der Waals surface area contributed by atoms with Crippen molar-refractivity contribution in [1.29, 1.82) is 0 Å². The largest absolute Gasteiger partial charge is 0.494 e. The van der Waals surface area contributed by atoms with E-state index in [0.717, 1.165) is 5.75 Å². The number of carbonyl (C=O) groups is 2. The molecule has 0 spiro atoms. The molecule has 130 valence electrons. The van der Waals surface area contributed by atoms with Gasteiger partial charge in [-0.15, -0.1) is 0 Å². The smallest absolute Gasteiger partial charge is 0.255 e. The molecule has 5 heteroatoms. The zero-order chi connectivity index (χ0) is 18.0. The topological polar surface area (TPSA) is 64.6 Å². The summed E-state index contributed by atoms with van der Waals surface area (Å²) in [5.74, 6) is 0.991. The highest BCUT2D eigenvalue weighted by Crippen LogP contribution is 2.33. The molecule has 2 aromatic rings. The van der Waals surface area contributed by atoms with Gasteiger partial charge in [0.2, 0.25) is 0 Å². The van der Waals surface area contributed by atoms with E-state index in [-0.39, 0.29) is 11.7 Å². The molecule has 0 aliphatic carbocycles. The summed E-state index contributed by atoms with van der Waals surface area (Å²) in [4.78, 5) is 24.8. The van der Waals surface area contributed by atoms with Crippen LogP contribution in [0.25, 0.3) is 0 Å². The number of hydrogen-bond donors (Lipinski definition) is 1. The third-order valence-corrected chi connectivity index (χ3v) is 3.94. The predicted octanol–water partition coefficient (Wildman–Crippen LogP) is 4.08. The molecule has 0 unspecified atom stereocenters. The van der Waals surface area contributed by atoms with Crippen molar-refractivity contribution in [1.82, 2.24) is 0 Å². The van der Waals surface area contributed by atoms with Gasteiger partial charge in [0.1, 0.15) is 17.1 Å². The zero-order valence-corrected chi connectivity index (χ0v) is 14.6. The first-order valence-electron chi connectivity index (χ1n) is 8.28. The molecule has 2 aromatic carbocycles. The van der Waals surface area contributed by atoms with Crippen LogP contribution in [0, 0.1) is 0 Å². The Morgan fingerprint density at radius 2 is 1.92 bits per heavy atom. The molecule has 0 saturated carbocycles. The number of anilines is 1. The van der Waals surface area contributed by atoms with Crippen LogP contribution in [0.2, 0.25) is 0 Å². The second kappa shape index (κ2) is 6.59. The molecule has 1 aliphatic heterocycles. The maximum absolute atomic E-state index is 12.5. The van der Waals surface area contributed by atoms with E-state index >= 15 is 0 Å². The molecule has 5 nitrogen and oxygen atoms in total. The molecule has 0 saturated heterocycles. The molecule has 1 heterocycles. The lowest BCUT2D eigenvalue weighted by molar-refractivity contribution is 0.0620. The Morgan fingerprint density at radius 3 is 2.60 bits per heavy atom. The summed E-state index contributed by atoms with van der Waals surface area (Å²) < 4.78 is 11.2. The summed E-state index contributed by atoms with van der Waals surface area (Å²) in [6, 6.07) is 12.1. The first-order valence-corrected chi connectivity index (χ1v) is 8.28. The maximum atomic E-state index is 12.5. The van der Waals surface area contributed by atoms with Gasteiger partial charge in [-0.3, -0.25) is 9.59 Å². The van der Waals surface area contributed by atoms with Crippen molar-refractivity contribution >= 4 is 17.4 Å². The van der Waals surface area contributed by atoms with Gasteiger partial charge in [0.25, 0.3) is 5.91 Å². The van der Waals surface area contributed by atoms with E-state index in [0.29, 0.717) is 35.6 Å². The number of ether oxygens (including phenoxy) is 2. The molecule has 0 radical (unpaired) electrons. The van der Waals surface area contributed by atoms with Gasteiger partial charge in [-0.25, -0.2) is 0 Å². The van der Waals surface area contributed by atoms with E-state index in [1.54, 1.807) is 42.5 Å². The number of amides is 1. The van der Waals surface area contributed by atoms with E-state index in [1.807, 2.05) is 20.8 Å². The Hall–Kier alpha value is -2.82. The lowest BCUT2D eigenvalue weighted by atomic mass is 9.92. The molecule has 1 amide bonds. The van der Waals surface area contributed by atoms with Crippen LogP contribution in [0.4, 0.5) is 5.69 Å². The van der Waals surface area contributed by atoms with Gasteiger partial charge in [0, 0.05) is 11.3 Å². The summed E-state index contributed by atoms with van der Waals surface area (Å²) in [7, 11) is 0. The first-order chi connectivity index (χ1) is 11.9. The van der Waals surface area contributed by atoms with Crippen molar-refractivity contribution < 1.29 is 19.1 Å². The Kier molecular flexibility index (Phi) is 4.49. The molecule has 3 rings (SSSR count). The van der Waals surface area contributed by atoms with E-state index in [9.17, 15) is 9.59 Å². The normalized spacial score (nSPS) is 15.1. The summed E-state index contributed by atoms with van der Waals surface area (Å²) >= 11 is 0. The van der Waals surface area contributed by atoms with E-state index in [1.165, 1.54) is 0 Å². The third-order valence-electron chi connectivity index (χ3n) is 3.94. The average molecular weight is 339 g/mol. The molecule has 1 aliphatic rings. The van der Waals surface area contributed by atoms with Crippen LogP contribution >= 0.6 is 0 Å². The fourth-order valence-corrected chi connectivity index (χ4v) is 2.80. The van der Waals surface area contributed by atoms with Gasteiger partial charge >= 0.3 is 0 Å². The lowest BCUT2D eigenvalue weighted by Gasteiger charge is -2.31. The van der Waals surface area contributed by atoms with Crippen molar-refractivity contribution in [3.63, 3.8) is 0 Å². The van der Waals surface area contributed by atoms with Crippen LogP contribution in [0.1, 0.15) is 47.9 Å². The quantitative estimate of drug-likeness (QED) is 0.911. The Bertz CT molecular complexity index is 809. The number of hydrogen-bond acceptors (Lipinski definition) is 4. The fraction of sp³-hybridized carbons (Fsp3) is 0.300. The van der Waals surface area contributed by atoms with E-state index in [4.69, 9.17) is 9.47 Å². The second-order valence-electron chi connectivity index (χ2n) is 6.58. The maximum Gasteiger partial charge on any atom is 0.255 e. The summed E-state index contributed by atoms with van der Waals surface area (Å²) in [6.45, 7) is 6.26. The van der Waals surface area contributed by atoms with Crippen molar-refractivity contribution in [2.75, 3.05) is 11.9 Å². The molecular weight excluding hydrogens is 318 g/mol. The number of fused-ring (bicyclic) bond motifs is 1. The van der Waals surface area contributed by atoms with Gasteiger partial charge in [0.05, 0.1) is 18.6 Å². The summed E-state index contributed by atoms with van der Waals surface area (Å²) in [6.07, 6.45) is 0.296. The summed E-state index contributed by atoms with van der Waals surface area (Å²) in [5, 5.41) is 2.82. The van der Waals surface area contributed by atoms with Crippen molar-refractivity contribution in [3.05, 3.63) is 53.6 Å². The highest BCUT2D eigenvalue weighted by Gasteiger charge is 2.32. The SMILES string of the molecule is CCOc1ccc(NC(=O)c2ccc3c(c2)C(=O)CC(C)(C)O3)cc1. The van der Waals surface area contributed by atoms with Crippen LogP contribution < -0.4 is 14.8 Å². The highest BCUT2D eigenvalue weighted by atomic mass is 16.5. The average Bonchev–Trinajstić information content (AvgIpc) is 2.55. The van der Waals surface area contributed by atoms with Crippen LogP contribution in [0.15, 0.2) is 42.5 Å². The number of nitrogens with one attached hydrogen (secondary N) is 1. The predicted molar refractivity (Wildman–Crippen MR) is 95.7 cm³/mol. The molecule has 0 atom stereocenters. The highest BCUT2D eigenvalue weighted by molar-refractivity contribution is 6.07. The van der Waals surface area contributed by atoms with Crippen LogP contribution in [-0.4, -0.2) is 23.9 Å². The van der Waals surface area contributed by atoms with Crippen LogP contribution in [0.5, 0.6) is 11.5 Å². The minimum atomic E-state index is -0.518. The monoisotopic (exact) mass is 339 g/mol. The summed E-state index contributed by atoms with van der Waals surface area (Å²) in [5.41, 5.74) is 1.02. The zero-order valence-electron chi connectivity index (χ0n) is 14.6. The minimum absolute atomic E-state index is 0.0121. The van der Waals surface area contributed by atoms with Crippen molar-refractivity contribution in [3.8, 4) is 11.5 Å². The number of Topliss-reactive ketones (excluding diaryl/α,β-unsaturated/α-hetero) is 1. The molecule has 25 heavy (non-hydrogen) atoms. The fourth-order valence-electron chi connectivity index (χ4n) is 2.80. The van der Waals surface area contributed by atoms with Crippen LogP contribution in [-0.2, 0) is 0 Å². The van der Waals surface area contributed by atoms with Gasteiger partial charge in [-0.05, 0) is 63.2 Å². The number of ketones is 1. The first kappa shape index (κ1) is 17.0. The molecule has 0 bridgehead atoms. The van der Waals surface area contributed by atoms with Gasteiger partial charge in [-0.1, -0.05) is 0 Å². The molecular formula is C20H21NO4. The van der Waals surface area contributed by atoms with Gasteiger partial charge in [-0.2, -0.15) is 0 Å². The lowest BCUT2D eigenvalue weighted by Crippen LogP contribution is -2.36. The third kappa shape index (κ3) is 3.82. The van der Waals surface area contributed by atoms with Gasteiger partial charge in [0.15, 0.2) is 5.78 Å². The number of rotatable bonds is 4. The van der Waals surface area contributed by atoms with Crippen molar-refractivity contribution in [2.45, 2.75) is 32.8 Å². The van der Waals surface area contributed by atoms with E-state index in [2.05, 4.69) is 5.32 Å².